The Bertz CT molecular complexity index is 493. The first-order valence-corrected chi connectivity index (χ1v) is 5.60. The quantitative estimate of drug-likeness (QED) is 0.660. The number of benzene rings is 1. The molecule has 1 unspecified atom stereocenters. The molecule has 3 nitrogen and oxygen atoms in total. The summed E-state index contributed by atoms with van der Waals surface area (Å²) < 4.78 is 0. The van der Waals surface area contributed by atoms with Crippen LogP contribution in [0, 0.1) is 6.92 Å². The zero-order valence-corrected chi connectivity index (χ0v) is 9.19. The molecule has 82 valence electrons. The first-order valence-electron chi connectivity index (χ1n) is 5.60. The first kappa shape index (κ1) is 9.58. The molecule has 2 aliphatic rings. The molecule has 3 heteroatoms. The van der Waals surface area contributed by atoms with Gasteiger partial charge in [-0.25, -0.2) is 0 Å². The van der Waals surface area contributed by atoms with Crippen LogP contribution in [0.1, 0.15) is 34.3 Å². The summed E-state index contributed by atoms with van der Waals surface area (Å²) in [5, 5.41) is 0. The standard InChI is InChI=1S/C13H13NO2/c1-8-2-3-9-7-14-11(4-5-12(14)15)13(16)10(9)6-8/h2-3,6,11H,4-5,7H2,1H3. The monoisotopic (exact) mass is 215 g/mol. The average Bonchev–Trinajstić information content (AvgIpc) is 2.63. The molecule has 16 heavy (non-hydrogen) atoms. The van der Waals surface area contributed by atoms with Crippen molar-refractivity contribution in [3.05, 3.63) is 34.9 Å². The summed E-state index contributed by atoms with van der Waals surface area (Å²) in [5.74, 6) is 0.236. The molecular formula is C13H13NO2. The van der Waals surface area contributed by atoms with Crippen molar-refractivity contribution in [3.63, 3.8) is 0 Å². The van der Waals surface area contributed by atoms with E-state index in [1.54, 1.807) is 4.90 Å². The van der Waals surface area contributed by atoms with E-state index >= 15 is 0 Å². The van der Waals surface area contributed by atoms with Gasteiger partial charge >= 0.3 is 0 Å². The fraction of sp³-hybridized carbons (Fsp3) is 0.385. The van der Waals surface area contributed by atoms with Crippen molar-refractivity contribution in [1.82, 2.24) is 4.90 Å². The van der Waals surface area contributed by atoms with Gasteiger partial charge in [0.15, 0.2) is 5.78 Å². The molecule has 0 aliphatic carbocycles. The number of fused-ring (bicyclic) bond motifs is 2. The Balaban J connectivity index is 2.10. The second-order valence-corrected chi connectivity index (χ2v) is 4.60. The van der Waals surface area contributed by atoms with E-state index in [2.05, 4.69) is 0 Å². The van der Waals surface area contributed by atoms with Crippen LogP contribution in [0.15, 0.2) is 18.2 Å². The smallest absolute Gasteiger partial charge is 0.223 e. The summed E-state index contributed by atoms with van der Waals surface area (Å²) in [7, 11) is 0. The fourth-order valence-electron chi connectivity index (χ4n) is 2.63. The molecule has 0 aromatic heterocycles. The lowest BCUT2D eigenvalue weighted by Crippen LogP contribution is -2.42. The van der Waals surface area contributed by atoms with E-state index in [1.165, 1.54) is 0 Å². The van der Waals surface area contributed by atoms with E-state index in [1.807, 2.05) is 25.1 Å². The highest BCUT2D eigenvalue weighted by Gasteiger charge is 2.40. The van der Waals surface area contributed by atoms with Gasteiger partial charge in [0.2, 0.25) is 5.91 Å². The molecule has 0 saturated carbocycles. The predicted octanol–water partition coefficient (Wildman–Crippen LogP) is 1.68. The molecule has 2 heterocycles. The molecule has 0 N–H and O–H groups in total. The molecular weight excluding hydrogens is 202 g/mol. The average molecular weight is 215 g/mol. The van der Waals surface area contributed by atoms with Gasteiger partial charge in [0.05, 0.1) is 6.04 Å². The van der Waals surface area contributed by atoms with Gasteiger partial charge in [0.25, 0.3) is 0 Å². The highest BCUT2D eigenvalue weighted by atomic mass is 16.2. The van der Waals surface area contributed by atoms with Crippen LogP contribution in [-0.4, -0.2) is 22.6 Å². The maximum atomic E-state index is 12.2. The molecule has 1 aromatic rings. The first-order chi connectivity index (χ1) is 7.66. The Morgan fingerprint density at radius 3 is 2.94 bits per heavy atom. The topological polar surface area (TPSA) is 37.4 Å². The molecule has 1 amide bonds. The third kappa shape index (κ3) is 1.21. The second kappa shape index (κ2) is 3.17. The van der Waals surface area contributed by atoms with Crippen molar-refractivity contribution >= 4 is 11.7 Å². The van der Waals surface area contributed by atoms with E-state index < -0.39 is 0 Å². The van der Waals surface area contributed by atoms with Gasteiger partial charge in [-0.15, -0.1) is 0 Å². The lowest BCUT2D eigenvalue weighted by Gasteiger charge is -2.30. The Labute approximate surface area is 94.1 Å². The number of rotatable bonds is 0. The van der Waals surface area contributed by atoms with Crippen LogP contribution in [0.25, 0.3) is 0 Å². The van der Waals surface area contributed by atoms with E-state index in [4.69, 9.17) is 0 Å². The van der Waals surface area contributed by atoms with E-state index in [0.29, 0.717) is 19.4 Å². The molecule has 0 spiro atoms. The fourth-order valence-corrected chi connectivity index (χ4v) is 2.63. The van der Waals surface area contributed by atoms with Crippen LogP contribution in [0.2, 0.25) is 0 Å². The van der Waals surface area contributed by atoms with Crippen LogP contribution in [-0.2, 0) is 11.3 Å². The molecule has 2 aliphatic heterocycles. The van der Waals surface area contributed by atoms with Crippen LogP contribution in [0.4, 0.5) is 0 Å². The van der Waals surface area contributed by atoms with Gasteiger partial charge in [-0.05, 0) is 25.0 Å². The van der Waals surface area contributed by atoms with Gasteiger partial charge in [-0.1, -0.05) is 17.7 Å². The minimum absolute atomic E-state index is 0.115. The summed E-state index contributed by atoms with van der Waals surface area (Å²) in [6, 6.07) is 5.71. The number of hydrogen-bond acceptors (Lipinski definition) is 2. The number of amides is 1. The molecule has 1 saturated heterocycles. The number of carbonyl (C=O) groups is 2. The number of aryl methyl sites for hydroxylation is 1. The van der Waals surface area contributed by atoms with Gasteiger partial charge in [-0.3, -0.25) is 9.59 Å². The van der Waals surface area contributed by atoms with Crippen LogP contribution < -0.4 is 0 Å². The maximum absolute atomic E-state index is 12.2. The Morgan fingerprint density at radius 2 is 2.12 bits per heavy atom. The third-order valence-corrected chi connectivity index (χ3v) is 3.50. The number of nitrogens with zero attached hydrogens (tertiary/aromatic N) is 1. The number of hydrogen-bond donors (Lipinski definition) is 0. The van der Waals surface area contributed by atoms with E-state index in [9.17, 15) is 9.59 Å². The van der Waals surface area contributed by atoms with Crippen molar-refractivity contribution in [2.45, 2.75) is 32.4 Å². The van der Waals surface area contributed by atoms with Crippen molar-refractivity contribution in [1.29, 1.82) is 0 Å². The zero-order valence-electron chi connectivity index (χ0n) is 9.19. The van der Waals surface area contributed by atoms with Crippen molar-refractivity contribution < 1.29 is 9.59 Å². The summed E-state index contributed by atoms with van der Waals surface area (Å²) in [6.45, 7) is 2.59. The lowest BCUT2D eigenvalue weighted by molar-refractivity contribution is -0.129. The highest BCUT2D eigenvalue weighted by Crippen LogP contribution is 2.31. The van der Waals surface area contributed by atoms with Crippen molar-refractivity contribution in [2.24, 2.45) is 0 Å². The summed E-state index contributed by atoms with van der Waals surface area (Å²) in [4.78, 5) is 25.5. The minimum Gasteiger partial charge on any atom is -0.328 e. The van der Waals surface area contributed by atoms with Crippen molar-refractivity contribution in [2.75, 3.05) is 0 Å². The third-order valence-electron chi connectivity index (χ3n) is 3.50. The highest BCUT2D eigenvalue weighted by molar-refractivity contribution is 6.05. The minimum atomic E-state index is -0.193. The number of Topliss-reactive ketones (excluding diaryl/α,β-unsaturated/α-hetero) is 1. The van der Waals surface area contributed by atoms with E-state index in [-0.39, 0.29) is 17.7 Å². The summed E-state index contributed by atoms with van der Waals surface area (Å²) >= 11 is 0. The van der Waals surface area contributed by atoms with Gasteiger partial charge in [0, 0.05) is 18.5 Å². The molecule has 3 rings (SSSR count). The maximum Gasteiger partial charge on any atom is 0.223 e. The second-order valence-electron chi connectivity index (χ2n) is 4.60. The molecule has 1 atom stereocenters. The van der Waals surface area contributed by atoms with Gasteiger partial charge < -0.3 is 4.90 Å². The molecule has 1 fully saturated rings. The van der Waals surface area contributed by atoms with Crippen LogP contribution in [0.3, 0.4) is 0 Å². The van der Waals surface area contributed by atoms with Gasteiger partial charge in [0.1, 0.15) is 0 Å². The van der Waals surface area contributed by atoms with Crippen LogP contribution in [0.5, 0.6) is 0 Å². The summed E-state index contributed by atoms with van der Waals surface area (Å²) in [6.07, 6.45) is 1.20. The lowest BCUT2D eigenvalue weighted by atomic mass is 9.92. The molecule has 1 aromatic carbocycles. The number of carbonyl (C=O) groups excluding carboxylic acids is 2. The Hall–Kier alpha value is -1.64. The van der Waals surface area contributed by atoms with Crippen molar-refractivity contribution in [3.8, 4) is 0 Å². The molecule has 0 bridgehead atoms. The normalized spacial score (nSPS) is 23.3. The zero-order chi connectivity index (χ0) is 11.3. The SMILES string of the molecule is Cc1ccc2c(c1)C(=O)C1CCC(=O)N1C2. The molecule has 0 radical (unpaired) electrons. The predicted molar refractivity (Wildman–Crippen MR) is 59.1 cm³/mol. The number of ketones is 1. The van der Waals surface area contributed by atoms with Gasteiger partial charge in [-0.2, -0.15) is 0 Å². The Kier molecular flexibility index (Phi) is 1.90. The summed E-state index contributed by atoms with van der Waals surface area (Å²) in [5.41, 5.74) is 2.91. The largest absolute Gasteiger partial charge is 0.328 e. The van der Waals surface area contributed by atoms with Crippen LogP contribution >= 0.6 is 0 Å². The Morgan fingerprint density at radius 1 is 1.31 bits per heavy atom. The van der Waals surface area contributed by atoms with E-state index in [0.717, 1.165) is 16.7 Å².